The van der Waals surface area contributed by atoms with Crippen molar-refractivity contribution in [2.45, 2.75) is 52.6 Å². The molecule has 0 aliphatic rings. The fraction of sp³-hybridized carbons (Fsp3) is 0.750. The lowest BCUT2D eigenvalue weighted by molar-refractivity contribution is -0.139. The van der Waals surface area contributed by atoms with Crippen molar-refractivity contribution in [3.05, 3.63) is 11.6 Å². The SMILES string of the molecule is CC(C)=CCCC(C)(C)OCCC(=O)O. The van der Waals surface area contributed by atoms with Gasteiger partial charge in [-0.3, -0.25) is 4.79 Å². The second-order valence-electron chi connectivity index (χ2n) is 4.57. The van der Waals surface area contributed by atoms with Gasteiger partial charge in [-0.25, -0.2) is 0 Å². The van der Waals surface area contributed by atoms with Gasteiger partial charge in [0.25, 0.3) is 0 Å². The first-order chi connectivity index (χ1) is 6.83. The molecule has 3 heteroatoms. The zero-order valence-electron chi connectivity index (χ0n) is 10.2. The molecule has 0 fully saturated rings. The summed E-state index contributed by atoms with van der Waals surface area (Å²) in [5.41, 5.74) is 1.07. The van der Waals surface area contributed by atoms with Gasteiger partial charge in [-0.2, -0.15) is 0 Å². The largest absolute Gasteiger partial charge is 0.481 e. The van der Waals surface area contributed by atoms with Gasteiger partial charge in [-0.15, -0.1) is 0 Å². The van der Waals surface area contributed by atoms with Gasteiger partial charge in [0, 0.05) is 0 Å². The summed E-state index contributed by atoms with van der Waals surface area (Å²) in [6.07, 6.45) is 4.13. The van der Waals surface area contributed by atoms with E-state index in [1.807, 2.05) is 13.8 Å². The lowest BCUT2D eigenvalue weighted by Gasteiger charge is -2.24. The maximum absolute atomic E-state index is 10.3. The molecule has 0 saturated carbocycles. The summed E-state index contributed by atoms with van der Waals surface area (Å²) in [5.74, 6) is -0.810. The summed E-state index contributed by atoms with van der Waals surface area (Å²) >= 11 is 0. The molecule has 88 valence electrons. The van der Waals surface area contributed by atoms with Gasteiger partial charge in [0.05, 0.1) is 18.6 Å². The number of carboxylic acids is 1. The van der Waals surface area contributed by atoms with Gasteiger partial charge in [-0.05, 0) is 40.5 Å². The van der Waals surface area contributed by atoms with Crippen molar-refractivity contribution in [1.82, 2.24) is 0 Å². The molecule has 1 N–H and O–H groups in total. The first kappa shape index (κ1) is 14.2. The number of allylic oxidation sites excluding steroid dienone is 2. The minimum Gasteiger partial charge on any atom is -0.481 e. The van der Waals surface area contributed by atoms with Gasteiger partial charge in [0.1, 0.15) is 0 Å². The highest BCUT2D eigenvalue weighted by atomic mass is 16.5. The van der Waals surface area contributed by atoms with E-state index in [0.29, 0.717) is 0 Å². The standard InChI is InChI=1S/C12H22O3/c1-10(2)6-5-8-12(3,4)15-9-7-11(13)14/h6H,5,7-9H2,1-4H3,(H,13,14). The summed E-state index contributed by atoms with van der Waals surface area (Å²) in [6.45, 7) is 8.41. The summed E-state index contributed by atoms with van der Waals surface area (Å²) in [5, 5.41) is 8.47. The molecule has 15 heavy (non-hydrogen) atoms. The molecule has 0 aromatic rings. The number of hydrogen-bond donors (Lipinski definition) is 1. The Kier molecular flexibility index (Phi) is 6.25. The van der Waals surface area contributed by atoms with Crippen molar-refractivity contribution < 1.29 is 14.6 Å². The van der Waals surface area contributed by atoms with Crippen LogP contribution in [0.15, 0.2) is 11.6 Å². The zero-order valence-corrected chi connectivity index (χ0v) is 10.2. The highest BCUT2D eigenvalue weighted by Gasteiger charge is 2.17. The van der Waals surface area contributed by atoms with E-state index in [9.17, 15) is 4.79 Å². The van der Waals surface area contributed by atoms with E-state index in [0.717, 1.165) is 12.8 Å². The molecule has 0 saturated heterocycles. The van der Waals surface area contributed by atoms with Crippen LogP contribution in [0, 0.1) is 0 Å². The average Bonchev–Trinajstić information content (AvgIpc) is 2.01. The minimum atomic E-state index is -0.810. The summed E-state index contributed by atoms with van der Waals surface area (Å²) < 4.78 is 5.51. The van der Waals surface area contributed by atoms with Crippen molar-refractivity contribution >= 4 is 5.97 Å². The lowest BCUT2D eigenvalue weighted by Crippen LogP contribution is -2.25. The number of carbonyl (C=O) groups is 1. The molecule has 0 aromatic carbocycles. The normalized spacial score (nSPS) is 11.2. The van der Waals surface area contributed by atoms with Gasteiger partial charge in [0.15, 0.2) is 0 Å². The Bertz CT molecular complexity index is 225. The Balaban J connectivity index is 3.76. The van der Waals surface area contributed by atoms with Crippen LogP contribution in [0.4, 0.5) is 0 Å². The highest BCUT2D eigenvalue weighted by molar-refractivity contribution is 5.66. The van der Waals surface area contributed by atoms with Crippen molar-refractivity contribution in [2.75, 3.05) is 6.61 Å². The van der Waals surface area contributed by atoms with Crippen LogP contribution in [0.5, 0.6) is 0 Å². The lowest BCUT2D eigenvalue weighted by atomic mass is 10.0. The van der Waals surface area contributed by atoms with Crippen molar-refractivity contribution in [1.29, 1.82) is 0 Å². The third-order valence-corrected chi connectivity index (χ3v) is 2.11. The first-order valence-electron chi connectivity index (χ1n) is 5.32. The average molecular weight is 214 g/mol. The van der Waals surface area contributed by atoms with Crippen LogP contribution >= 0.6 is 0 Å². The molecule has 0 atom stereocenters. The van der Waals surface area contributed by atoms with Crippen molar-refractivity contribution in [3.63, 3.8) is 0 Å². The van der Waals surface area contributed by atoms with Crippen molar-refractivity contribution in [2.24, 2.45) is 0 Å². The molecule has 0 amide bonds. The molecule has 0 spiro atoms. The molecule has 0 bridgehead atoms. The maximum Gasteiger partial charge on any atom is 0.305 e. The number of ether oxygens (including phenoxy) is 1. The Hall–Kier alpha value is -0.830. The minimum absolute atomic E-state index is 0.0755. The quantitative estimate of drug-likeness (QED) is 0.663. The summed E-state index contributed by atoms with van der Waals surface area (Å²) in [4.78, 5) is 10.3. The second-order valence-corrected chi connectivity index (χ2v) is 4.57. The van der Waals surface area contributed by atoms with E-state index in [1.54, 1.807) is 0 Å². The highest BCUT2D eigenvalue weighted by Crippen LogP contribution is 2.17. The molecule has 0 aliphatic heterocycles. The molecule has 0 aromatic heterocycles. The van der Waals surface area contributed by atoms with Crippen LogP contribution in [0.2, 0.25) is 0 Å². The fourth-order valence-electron chi connectivity index (χ4n) is 1.20. The summed E-state index contributed by atoms with van der Waals surface area (Å²) in [7, 11) is 0. The predicted molar refractivity (Wildman–Crippen MR) is 60.9 cm³/mol. The van der Waals surface area contributed by atoms with Crippen LogP contribution in [0.25, 0.3) is 0 Å². The van der Waals surface area contributed by atoms with Gasteiger partial charge >= 0.3 is 5.97 Å². The van der Waals surface area contributed by atoms with Gasteiger partial charge < -0.3 is 9.84 Å². The molecular formula is C12H22O3. The van der Waals surface area contributed by atoms with Crippen LogP contribution < -0.4 is 0 Å². The van der Waals surface area contributed by atoms with Gasteiger partial charge in [-0.1, -0.05) is 11.6 Å². The second kappa shape index (κ2) is 6.62. The number of rotatable bonds is 7. The van der Waals surface area contributed by atoms with Gasteiger partial charge in [0.2, 0.25) is 0 Å². The van der Waals surface area contributed by atoms with Crippen LogP contribution in [0.1, 0.15) is 47.0 Å². The first-order valence-corrected chi connectivity index (χ1v) is 5.32. The number of hydrogen-bond acceptors (Lipinski definition) is 2. The molecule has 0 radical (unpaired) electrons. The smallest absolute Gasteiger partial charge is 0.305 e. The Morgan fingerprint density at radius 3 is 2.47 bits per heavy atom. The van der Waals surface area contributed by atoms with Crippen LogP contribution in [0.3, 0.4) is 0 Å². The Labute approximate surface area is 92.1 Å². The number of aliphatic carboxylic acids is 1. The van der Waals surface area contributed by atoms with Crippen LogP contribution in [-0.2, 0) is 9.53 Å². The molecule has 0 heterocycles. The van der Waals surface area contributed by atoms with E-state index in [-0.39, 0.29) is 18.6 Å². The van der Waals surface area contributed by atoms with E-state index in [4.69, 9.17) is 9.84 Å². The molecule has 3 nitrogen and oxygen atoms in total. The Morgan fingerprint density at radius 1 is 1.40 bits per heavy atom. The molecule has 0 unspecified atom stereocenters. The van der Waals surface area contributed by atoms with Crippen LogP contribution in [-0.4, -0.2) is 23.3 Å². The van der Waals surface area contributed by atoms with Crippen molar-refractivity contribution in [3.8, 4) is 0 Å². The van der Waals surface area contributed by atoms with E-state index < -0.39 is 5.97 Å². The fourth-order valence-corrected chi connectivity index (χ4v) is 1.20. The zero-order chi connectivity index (χ0) is 11.9. The summed E-state index contributed by atoms with van der Waals surface area (Å²) in [6, 6.07) is 0. The topological polar surface area (TPSA) is 46.5 Å². The molecular weight excluding hydrogens is 192 g/mol. The third-order valence-electron chi connectivity index (χ3n) is 2.11. The molecule has 0 aliphatic carbocycles. The van der Waals surface area contributed by atoms with E-state index in [1.165, 1.54) is 5.57 Å². The number of carboxylic acid groups (broad SMARTS) is 1. The third kappa shape index (κ3) is 9.47. The van der Waals surface area contributed by atoms with E-state index in [2.05, 4.69) is 19.9 Å². The van der Waals surface area contributed by atoms with E-state index >= 15 is 0 Å². The maximum atomic E-state index is 10.3. The predicted octanol–water partition coefficient (Wildman–Crippen LogP) is 3.00. The molecule has 0 rings (SSSR count). The Morgan fingerprint density at radius 2 is 2.00 bits per heavy atom. The monoisotopic (exact) mass is 214 g/mol.